The van der Waals surface area contributed by atoms with E-state index in [0.717, 1.165) is 11.1 Å². The van der Waals surface area contributed by atoms with E-state index in [1.54, 1.807) is 0 Å². The van der Waals surface area contributed by atoms with Gasteiger partial charge in [-0.2, -0.15) is 0 Å². The zero-order chi connectivity index (χ0) is 19.5. The summed E-state index contributed by atoms with van der Waals surface area (Å²) in [5.41, 5.74) is 3.99. The van der Waals surface area contributed by atoms with Crippen LogP contribution >= 0.6 is 0 Å². The van der Waals surface area contributed by atoms with Crippen molar-refractivity contribution in [3.63, 3.8) is 0 Å². The highest BCUT2D eigenvalue weighted by Crippen LogP contribution is 2.06. The molecule has 0 aliphatic rings. The van der Waals surface area contributed by atoms with Crippen molar-refractivity contribution in [1.29, 1.82) is 0 Å². The first-order valence-corrected chi connectivity index (χ1v) is 8.58. The minimum atomic E-state index is -1.61. The van der Waals surface area contributed by atoms with Crippen molar-refractivity contribution in [3.05, 3.63) is 71.8 Å². The van der Waals surface area contributed by atoms with Crippen LogP contribution in [0.25, 0.3) is 0 Å². The third kappa shape index (κ3) is 7.29. The molecule has 0 saturated carbocycles. The molecule has 3 N–H and O–H groups in total. The standard InChI is InChI=1S/C20H22N2O5/c23-17(13-7-12-15-8-3-1-4-9-15)18(19(24)25)21-20(26)22-27-14-16-10-5-2-6-11-16/h1-6,8-11,18H,7,12-14H2,(H,24,25)(H2,21,22,26). The monoisotopic (exact) mass is 370 g/mol. The zero-order valence-corrected chi connectivity index (χ0v) is 14.8. The Labute approximate surface area is 157 Å². The zero-order valence-electron chi connectivity index (χ0n) is 14.8. The first-order valence-electron chi connectivity index (χ1n) is 8.58. The highest BCUT2D eigenvalue weighted by Gasteiger charge is 2.27. The number of nitrogens with one attached hydrogen (secondary N) is 2. The van der Waals surface area contributed by atoms with Gasteiger partial charge in [-0.05, 0) is 24.0 Å². The highest BCUT2D eigenvalue weighted by molar-refractivity contribution is 6.04. The second-order valence-corrected chi connectivity index (χ2v) is 5.93. The molecule has 0 bridgehead atoms. The number of ketones is 1. The van der Waals surface area contributed by atoms with Gasteiger partial charge in [0.15, 0.2) is 11.8 Å². The summed E-state index contributed by atoms with van der Waals surface area (Å²) in [4.78, 5) is 40.2. The van der Waals surface area contributed by atoms with E-state index in [1.807, 2.05) is 60.7 Å². The molecule has 0 saturated heterocycles. The number of carbonyl (C=O) groups excluding carboxylic acids is 2. The molecule has 2 aromatic rings. The summed E-state index contributed by atoms with van der Waals surface area (Å²) in [6, 6.07) is 16.2. The van der Waals surface area contributed by atoms with Crippen LogP contribution in [-0.4, -0.2) is 28.9 Å². The van der Waals surface area contributed by atoms with Crippen LogP contribution in [0.3, 0.4) is 0 Å². The van der Waals surface area contributed by atoms with Crippen molar-refractivity contribution < 1.29 is 24.3 Å². The minimum absolute atomic E-state index is 0.0526. The Bertz CT molecular complexity index is 749. The molecule has 142 valence electrons. The lowest BCUT2D eigenvalue weighted by Crippen LogP contribution is -2.50. The maximum absolute atomic E-state index is 12.1. The highest BCUT2D eigenvalue weighted by atomic mass is 16.7. The van der Waals surface area contributed by atoms with Gasteiger partial charge in [0.25, 0.3) is 0 Å². The third-order valence-electron chi connectivity index (χ3n) is 3.82. The van der Waals surface area contributed by atoms with Gasteiger partial charge in [-0.1, -0.05) is 60.7 Å². The second-order valence-electron chi connectivity index (χ2n) is 5.93. The molecule has 0 radical (unpaired) electrons. The fourth-order valence-corrected chi connectivity index (χ4v) is 2.46. The molecule has 0 aliphatic carbocycles. The van der Waals surface area contributed by atoms with Crippen molar-refractivity contribution in [2.75, 3.05) is 0 Å². The summed E-state index contributed by atoms with van der Waals surface area (Å²) < 4.78 is 0. The van der Waals surface area contributed by atoms with E-state index in [9.17, 15) is 19.5 Å². The van der Waals surface area contributed by atoms with Crippen LogP contribution in [-0.2, 0) is 27.5 Å². The number of urea groups is 1. The fraction of sp³-hybridized carbons (Fsp3) is 0.250. The SMILES string of the molecule is O=C(NOCc1ccccc1)NC(C(=O)O)C(=O)CCCc1ccccc1. The molecule has 7 heteroatoms. The van der Waals surface area contributed by atoms with E-state index in [0.29, 0.717) is 12.8 Å². The average Bonchev–Trinajstić information content (AvgIpc) is 2.67. The molecular weight excluding hydrogens is 348 g/mol. The summed E-state index contributed by atoms with van der Waals surface area (Å²) in [5.74, 6) is -1.96. The number of carboxylic acids is 1. The number of aliphatic carboxylic acids is 1. The van der Waals surface area contributed by atoms with Crippen LogP contribution in [0.2, 0.25) is 0 Å². The van der Waals surface area contributed by atoms with Gasteiger partial charge in [0.1, 0.15) is 0 Å². The molecule has 2 amide bonds. The van der Waals surface area contributed by atoms with Crippen LogP contribution < -0.4 is 10.8 Å². The smallest absolute Gasteiger partial charge is 0.339 e. The largest absolute Gasteiger partial charge is 0.479 e. The topological polar surface area (TPSA) is 105 Å². The van der Waals surface area contributed by atoms with E-state index in [1.165, 1.54) is 0 Å². The van der Waals surface area contributed by atoms with Gasteiger partial charge in [-0.25, -0.2) is 15.1 Å². The van der Waals surface area contributed by atoms with E-state index in [2.05, 4.69) is 10.8 Å². The van der Waals surface area contributed by atoms with Crippen LogP contribution in [0, 0.1) is 0 Å². The average molecular weight is 370 g/mol. The maximum Gasteiger partial charge on any atom is 0.339 e. The number of amides is 2. The predicted octanol–water partition coefficient (Wildman–Crippen LogP) is 2.46. The molecular formula is C20H22N2O5. The molecule has 2 aromatic carbocycles. The Balaban J connectivity index is 1.75. The molecule has 27 heavy (non-hydrogen) atoms. The van der Waals surface area contributed by atoms with E-state index < -0.39 is 23.8 Å². The fourth-order valence-electron chi connectivity index (χ4n) is 2.46. The van der Waals surface area contributed by atoms with Gasteiger partial charge in [0.2, 0.25) is 0 Å². The van der Waals surface area contributed by atoms with Gasteiger partial charge in [0.05, 0.1) is 6.61 Å². The van der Waals surface area contributed by atoms with Gasteiger partial charge >= 0.3 is 12.0 Å². The Hall–Kier alpha value is -3.19. The number of hydrogen-bond donors (Lipinski definition) is 3. The van der Waals surface area contributed by atoms with Gasteiger partial charge < -0.3 is 10.4 Å². The van der Waals surface area contributed by atoms with Crippen molar-refractivity contribution in [2.45, 2.75) is 31.9 Å². The Morgan fingerprint density at radius 1 is 0.926 bits per heavy atom. The Morgan fingerprint density at radius 2 is 1.52 bits per heavy atom. The number of carbonyl (C=O) groups is 3. The van der Waals surface area contributed by atoms with Crippen LogP contribution in [0.5, 0.6) is 0 Å². The Kier molecular flexibility index (Phi) is 7.99. The molecule has 7 nitrogen and oxygen atoms in total. The second kappa shape index (κ2) is 10.7. The molecule has 1 unspecified atom stereocenters. The molecule has 0 spiro atoms. The molecule has 0 aromatic heterocycles. The lowest BCUT2D eigenvalue weighted by molar-refractivity contribution is -0.143. The summed E-state index contributed by atoms with van der Waals surface area (Å²) in [6.07, 6.45) is 1.21. The van der Waals surface area contributed by atoms with Gasteiger partial charge in [0, 0.05) is 6.42 Å². The van der Waals surface area contributed by atoms with E-state index >= 15 is 0 Å². The Morgan fingerprint density at radius 3 is 2.11 bits per heavy atom. The first kappa shape index (κ1) is 20.1. The summed E-state index contributed by atoms with van der Waals surface area (Å²) >= 11 is 0. The predicted molar refractivity (Wildman–Crippen MR) is 98.7 cm³/mol. The number of aryl methyl sites for hydroxylation is 1. The van der Waals surface area contributed by atoms with E-state index in [-0.39, 0.29) is 13.0 Å². The lowest BCUT2D eigenvalue weighted by atomic mass is 10.0. The molecule has 1 atom stereocenters. The maximum atomic E-state index is 12.1. The van der Waals surface area contributed by atoms with Crippen LogP contribution in [0.1, 0.15) is 24.0 Å². The van der Waals surface area contributed by atoms with Crippen molar-refractivity contribution in [1.82, 2.24) is 10.8 Å². The lowest BCUT2D eigenvalue weighted by Gasteiger charge is -2.14. The number of carboxylic acid groups (broad SMARTS) is 1. The summed E-state index contributed by atoms with van der Waals surface area (Å²) in [5, 5.41) is 11.3. The number of rotatable bonds is 10. The summed E-state index contributed by atoms with van der Waals surface area (Å²) in [6.45, 7) is 0.122. The molecule has 0 heterocycles. The third-order valence-corrected chi connectivity index (χ3v) is 3.82. The van der Waals surface area contributed by atoms with Crippen molar-refractivity contribution in [3.8, 4) is 0 Å². The number of Topliss-reactive ketones (excluding diaryl/α,β-unsaturated/α-hetero) is 1. The van der Waals surface area contributed by atoms with E-state index in [4.69, 9.17) is 4.84 Å². The molecule has 0 aliphatic heterocycles. The van der Waals surface area contributed by atoms with Crippen LogP contribution in [0.4, 0.5) is 4.79 Å². The normalized spacial score (nSPS) is 11.4. The van der Waals surface area contributed by atoms with Crippen molar-refractivity contribution >= 4 is 17.8 Å². The van der Waals surface area contributed by atoms with Crippen LogP contribution in [0.15, 0.2) is 60.7 Å². The number of hydrogen-bond acceptors (Lipinski definition) is 4. The summed E-state index contributed by atoms with van der Waals surface area (Å²) in [7, 11) is 0. The van der Waals surface area contributed by atoms with Gasteiger partial charge in [-0.3, -0.25) is 9.63 Å². The number of benzene rings is 2. The van der Waals surface area contributed by atoms with Gasteiger partial charge in [-0.15, -0.1) is 0 Å². The first-order chi connectivity index (χ1) is 13.1. The number of hydroxylamine groups is 1. The molecule has 0 fully saturated rings. The quantitative estimate of drug-likeness (QED) is 0.440. The minimum Gasteiger partial charge on any atom is -0.479 e. The van der Waals surface area contributed by atoms with Crippen molar-refractivity contribution in [2.24, 2.45) is 0 Å². The molecule has 2 rings (SSSR count).